The maximum atomic E-state index is 11.9. The average molecular weight is 366 g/mol. The number of nitrogens with zero attached hydrogens (tertiary/aromatic N) is 2. The lowest BCUT2D eigenvalue weighted by molar-refractivity contribution is 0.0955. The molecule has 1 aromatic heterocycles. The molecule has 0 fully saturated rings. The van der Waals surface area contributed by atoms with Crippen LogP contribution in [-0.4, -0.2) is 22.2 Å². The van der Waals surface area contributed by atoms with Crippen molar-refractivity contribution in [3.8, 4) is 5.75 Å². The minimum absolute atomic E-state index is 0.0785. The SMILES string of the molecule is O=C(NN=Cc1cc(Cc2ccccc2Cl)ccc1O)c1ccncc1. The molecule has 1 heterocycles. The van der Waals surface area contributed by atoms with Crippen molar-refractivity contribution in [2.24, 2.45) is 5.10 Å². The first-order valence-electron chi connectivity index (χ1n) is 7.92. The van der Waals surface area contributed by atoms with Gasteiger partial charge in [0.05, 0.1) is 6.21 Å². The molecule has 0 unspecified atom stereocenters. The Bertz CT molecular complexity index is 943. The summed E-state index contributed by atoms with van der Waals surface area (Å²) < 4.78 is 0. The van der Waals surface area contributed by atoms with E-state index in [4.69, 9.17) is 11.6 Å². The summed E-state index contributed by atoms with van der Waals surface area (Å²) in [6, 6.07) is 16.0. The predicted molar refractivity (Wildman–Crippen MR) is 102 cm³/mol. The highest BCUT2D eigenvalue weighted by Crippen LogP contribution is 2.22. The van der Waals surface area contributed by atoms with Crippen LogP contribution in [0, 0.1) is 0 Å². The Morgan fingerprint density at radius 2 is 1.92 bits per heavy atom. The Balaban J connectivity index is 1.72. The van der Waals surface area contributed by atoms with Crippen LogP contribution in [0.15, 0.2) is 72.1 Å². The molecule has 0 bridgehead atoms. The van der Waals surface area contributed by atoms with Gasteiger partial charge in [-0.25, -0.2) is 5.43 Å². The second-order valence-corrected chi connectivity index (χ2v) is 6.00. The number of phenols is 1. The van der Waals surface area contributed by atoms with Gasteiger partial charge in [0.1, 0.15) is 5.75 Å². The molecule has 3 aromatic rings. The molecule has 0 saturated heterocycles. The van der Waals surface area contributed by atoms with Gasteiger partial charge in [-0.05, 0) is 47.9 Å². The van der Waals surface area contributed by atoms with Crippen LogP contribution in [0.2, 0.25) is 5.02 Å². The van der Waals surface area contributed by atoms with Gasteiger partial charge in [-0.1, -0.05) is 35.9 Å². The fourth-order valence-corrected chi connectivity index (χ4v) is 2.61. The summed E-state index contributed by atoms with van der Waals surface area (Å²) in [6.45, 7) is 0. The maximum Gasteiger partial charge on any atom is 0.271 e. The van der Waals surface area contributed by atoms with Crippen LogP contribution in [0.1, 0.15) is 27.0 Å². The number of amides is 1. The molecule has 2 N–H and O–H groups in total. The monoisotopic (exact) mass is 365 g/mol. The number of halogens is 1. The number of hydrazone groups is 1. The van der Waals surface area contributed by atoms with Gasteiger partial charge in [0.15, 0.2) is 0 Å². The van der Waals surface area contributed by atoms with Gasteiger partial charge >= 0.3 is 0 Å². The summed E-state index contributed by atoms with van der Waals surface area (Å²) in [5, 5.41) is 14.6. The Hall–Kier alpha value is -3.18. The number of phenolic OH excluding ortho intramolecular Hbond substituents is 1. The van der Waals surface area contributed by atoms with Gasteiger partial charge in [-0.15, -0.1) is 0 Å². The molecule has 1 amide bonds. The highest BCUT2D eigenvalue weighted by Gasteiger charge is 2.06. The van der Waals surface area contributed by atoms with Crippen LogP contribution in [0.3, 0.4) is 0 Å². The number of hydrogen-bond donors (Lipinski definition) is 2. The van der Waals surface area contributed by atoms with E-state index in [2.05, 4.69) is 15.5 Å². The predicted octanol–water partition coefficient (Wildman–Crippen LogP) is 3.80. The van der Waals surface area contributed by atoms with Gasteiger partial charge in [0.25, 0.3) is 5.91 Å². The number of pyridine rings is 1. The highest BCUT2D eigenvalue weighted by atomic mass is 35.5. The van der Waals surface area contributed by atoms with Crippen molar-refractivity contribution in [1.82, 2.24) is 10.4 Å². The first kappa shape index (κ1) is 17.6. The molecule has 0 aliphatic rings. The minimum atomic E-state index is -0.352. The number of carbonyl (C=O) groups excluding carboxylic acids is 1. The third-order valence-corrected chi connectivity index (χ3v) is 4.13. The number of nitrogens with one attached hydrogen (secondary N) is 1. The summed E-state index contributed by atoms with van der Waals surface area (Å²) in [4.78, 5) is 15.8. The first-order chi connectivity index (χ1) is 12.6. The van der Waals surface area contributed by atoms with Crippen molar-refractivity contribution in [1.29, 1.82) is 0 Å². The number of aromatic nitrogens is 1. The van der Waals surface area contributed by atoms with E-state index >= 15 is 0 Å². The van der Waals surface area contributed by atoms with E-state index in [0.717, 1.165) is 11.1 Å². The lowest BCUT2D eigenvalue weighted by atomic mass is 10.0. The number of aromatic hydroxyl groups is 1. The van der Waals surface area contributed by atoms with Crippen molar-refractivity contribution in [2.45, 2.75) is 6.42 Å². The van der Waals surface area contributed by atoms with Gasteiger partial charge in [0, 0.05) is 28.5 Å². The summed E-state index contributed by atoms with van der Waals surface area (Å²) in [6.07, 6.45) is 5.10. The normalized spacial score (nSPS) is 10.8. The van der Waals surface area contributed by atoms with Gasteiger partial charge in [0.2, 0.25) is 0 Å². The summed E-state index contributed by atoms with van der Waals surface area (Å²) in [5.41, 5.74) is 5.34. The van der Waals surface area contributed by atoms with Crippen LogP contribution in [-0.2, 0) is 6.42 Å². The standard InChI is InChI=1S/C20H16ClN3O2/c21-18-4-2-1-3-16(18)11-14-5-6-19(25)17(12-14)13-23-24-20(26)15-7-9-22-10-8-15/h1-10,12-13,25H,11H2,(H,24,26). The molecular weight excluding hydrogens is 350 g/mol. The molecule has 5 nitrogen and oxygen atoms in total. The molecule has 3 rings (SSSR count). The second-order valence-electron chi connectivity index (χ2n) is 5.60. The van der Waals surface area contributed by atoms with Crippen molar-refractivity contribution in [3.05, 3.63) is 94.3 Å². The third-order valence-electron chi connectivity index (χ3n) is 3.76. The molecule has 0 atom stereocenters. The van der Waals surface area contributed by atoms with Crippen LogP contribution in [0.4, 0.5) is 0 Å². The lowest BCUT2D eigenvalue weighted by Crippen LogP contribution is -2.17. The van der Waals surface area contributed by atoms with Crippen LogP contribution < -0.4 is 5.43 Å². The number of benzene rings is 2. The van der Waals surface area contributed by atoms with E-state index in [1.165, 1.54) is 18.6 Å². The summed E-state index contributed by atoms with van der Waals surface area (Å²) in [7, 11) is 0. The fraction of sp³-hybridized carbons (Fsp3) is 0.0500. The summed E-state index contributed by atoms with van der Waals surface area (Å²) in [5.74, 6) is -0.273. The smallest absolute Gasteiger partial charge is 0.271 e. The topological polar surface area (TPSA) is 74.6 Å². The number of carbonyl (C=O) groups is 1. The van der Waals surface area contributed by atoms with Crippen LogP contribution >= 0.6 is 11.6 Å². The molecule has 6 heteroatoms. The molecule has 0 aliphatic carbocycles. The van der Waals surface area contributed by atoms with E-state index in [9.17, 15) is 9.90 Å². The highest BCUT2D eigenvalue weighted by molar-refractivity contribution is 6.31. The zero-order valence-electron chi connectivity index (χ0n) is 13.8. The van der Waals surface area contributed by atoms with E-state index in [-0.39, 0.29) is 11.7 Å². The second kappa shape index (κ2) is 8.27. The minimum Gasteiger partial charge on any atom is -0.507 e. The Kier molecular flexibility index (Phi) is 5.61. The van der Waals surface area contributed by atoms with Crippen molar-refractivity contribution in [2.75, 3.05) is 0 Å². The van der Waals surface area contributed by atoms with Crippen LogP contribution in [0.25, 0.3) is 0 Å². The van der Waals surface area contributed by atoms with Crippen molar-refractivity contribution in [3.63, 3.8) is 0 Å². The molecule has 26 heavy (non-hydrogen) atoms. The molecule has 0 aliphatic heterocycles. The van der Waals surface area contributed by atoms with E-state index < -0.39 is 0 Å². The van der Waals surface area contributed by atoms with Crippen LogP contribution in [0.5, 0.6) is 5.75 Å². The van der Waals surface area contributed by atoms with E-state index in [1.54, 1.807) is 24.3 Å². The maximum absolute atomic E-state index is 11.9. The largest absolute Gasteiger partial charge is 0.507 e. The molecule has 0 saturated carbocycles. The molecule has 0 radical (unpaired) electrons. The lowest BCUT2D eigenvalue weighted by Gasteiger charge is -2.07. The Morgan fingerprint density at radius 1 is 1.15 bits per heavy atom. The number of hydrogen-bond acceptors (Lipinski definition) is 4. The average Bonchev–Trinajstić information content (AvgIpc) is 2.66. The van der Waals surface area contributed by atoms with E-state index in [0.29, 0.717) is 22.6 Å². The fourth-order valence-electron chi connectivity index (χ4n) is 2.41. The third kappa shape index (κ3) is 4.46. The van der Waals surface area contributed by atoms with Gasteiger partial charge in [-0.3, -0.25) is 9.78 Å². The zero-order chi connectivity index (χ0) is 18.4. The quantitative estimate of drug-likeness (QED) is 0.533. The molecule has 2 aromatic carbocycles. The van der Waals surface area contributed by atoms with Gasteiger partial charge in [-0.2, -0.15) is 5.10 Å². The Labute approximate surface area is 156 Å². The number of rotatable bonds is 5. The molecule has 130 valence electrons. The van der Waals surface area contributed by atoms with Crippen molar-refractivity contribution >= 4 is 23.7 Å². The summed E-state index contributed by atoms with van der Waals surface area (Å²) >= 11 is 6.19. The van der Waals surface area contributed by atoms with Crippen molar-refractivity contribution < 1.29 is 9.90 Å². The van der Waals surface area contributed by atoms with E-state index in [1.807, 2.05) is 30.3 Å². The zero-order valence-corrected chi connectivity index (χ0v) is 14.5. The first-order valence-corrected chi connectivity index (χ1v) is 8.30. The Morgan fingerprint density at radius 3 is 2.69 bits per heavy atom. The van der Waals surface area contributed by atoms with Gasteiger partial charge < -0.3 is 5.11 Å². The molecule has 0 spiro atoms. The molecular formula is C20H16ClN3O2.